The van der Waals surface area contributed by atoms with Gasteiger partial charge in [0.1, 0.15) is 5.76 Å². The van der Waals surface area contributed by atoms with Crippen LogP contribution < -0.4 is 5.32 Å². The molecule has 0 spiro atoms. The number of benzene rings is 1. The first kappa shape index (κ1) is 20.7. The molecule has 0 atom stereocenters. The van der Waals surface area contributed by atoms with Crippen molar-refractivity contribution in [3.8, 4) is 6.07 Å². The molecule has 0 fully saturated rings. The lowest BCUT2D eigenvalue weighted by molar-refractivity contribution is -0.142. The highest BCUT2D eigenvalue weighted by Gasteiger charge is 2.10. The lowest BCUT2D eigenvalue weighted by Crippen LogP contribution is -2.20. The van der Waals surface area contributed by atoms with Crippen LogP contribution in [0.2, 0.25) is 0 Å². The molecule has 2 heterocycles. The zero-order valence-electron chi connectivity index (χ0n) is 16.7. The maximum absolute atomic E-state index is 12.0. The second-order valence-electron chi connectivity index (χ2n) is 6.67. The van der Waals surface area contributed by atoms with E-state index in [1.807, 2.05) is 38.1 Å². The zero-order chi connectivity index (χ0) is 21.5. The number of hydrogen-bond donors (Lipinski definition) is 1. The summed E-state index contributed by atoms with van der Waals surface area (Å²) in [5, 5.41) is 11.4. The predicted octanol–water partition coefficient (Wildman–Crippen LogP) is 3.81. The number of carbonyl (C=O) groups is 2. The van der Waals surface area contributed by atoms with Crippen molar-refractivity contribution in [3.05, 3.63) is 83.1 Å². The van der Waals surface area contributed by atoms with E-state index in [-0.39, 0.29) is 0 Å². The van der Waals surface area contributed by atoms with E-state index in [2.05, 4.69) is 9.88 Å². The Morgan fingerprint density at radius 3 is 2.67 bits per heavy atom. The number of ether oxygens (including phenoxy) is 1. The number of aryl methyl sites for hydroxylation is 1. The first-order chi connectivity index (χ1) is 14.5. The molecule has 0 saturated heterocycles. The van der Waals surface area contributed by atoms with E-state index in [0.717, 1.165) is 22.7 Å². The van der Waals surface area contributed by atoms with Gasteiger partial charge in [0.15, 0.2) is 6.61 Å². The topological polar surface area (TPSA) is 97.3 Å². The van der Waals surface area contributed by atoms with Gasteiger partial charge >= 0.3 is 5.97 Å². The Morgan fingerprint density at radius 1 is 1.23 bits per heavy atom. The van der Waals surface area contributed by atoms with Crippen molar-refractivity contribution in [1.29, 1.82) is 5.26 Å². The van der Waals surface area contributed by atoms with Crippen molar-refractivity contribution in [2.24, 2.45) is 0 Å². The van der Waals surface area contributed by atoms with Crippen molar-refractivity contribution in [2.75, 3.05) is 11.9 Å². The molecule has 1 aromatic carbocycles. The molecule has 7 heteroatoms. The minimum atomic E-state index is -0.610. The van der Waals surface area contributed by atoms with Gasteiger partial charge in [-0.2, -0.15) is 5.26 Å². The van der Waals surface area contributed by atoms with E-state index in [0.29, 0.717) is 17.8 Å². The summed E-state index contributed by atoms with van der Waals surface area (Å²) in [5.41, 5.74) is 3.94. The molecule has 7 nitrogen and oxygen atoms in total. The molecule has 2 aromatic heterocycles. The van der Waals surface area contributed by atoms with Crippen LogP contribution in [0.25, 0.3) is 6.08 Å². The normalized spacial score (nSPS) is 10.7. The van der Waals surface area contributed by atoms with Gasteiger partial charge in [0.2, 0.25) is 0 Å². The molecular weight excluding hydrogens is 382 g/mol. The van der Waals surface area contributed by atoms with Gasteiger partial charge in [0, 0.05) is 23.2 Å². The fraction of sp³-hybridized carbons (Fsp3) is 0.174. The average molecular weight is 403 g/mol. The Labute approximate surface area is 174 Å². The van der Waals surface area contributed by atoms with E-state index >= 15 is 0 Å². The van der Waals surface area contributed by atoms with E-state index in [4.69, 9.17) is 14.4 Å². The van der Waals surface area contributed by atoms with Crippen molar-refractivity contribution >= 4 is 23.6 Å². The summed E-state index contributed by atoms with van der Waals surface area (Å²) in [6, 6.07) is 14.1. The van der Waals surface area contributed by atoms with E-state index in [1.165, 1.54) is 6.08 Å². The minimum Gasteiger partial charge on any atom is -0.467 e. The third-order valence-corrected chi connectivity index (χ3v) is 4.55. The van der Waals surface area contributed by atoms with Crippen LogP contribution in [0.15, 0.2) is 59.2 Å². The zero-order valence-corrected chi connectivity index (χ0v) is 16.7. The van der Waals surface area contributed by atoms with Crippen molar-refractivity contribution in [2.45, 2.75) is 20.4 Å². The van der Waals surface area contributed by atoms with Gasteiger partial charge in [0.25, 0.3) is 5.91 Å². The maximum atomic E-state index is 12.0. The summed E-state index contributed by atoms with van der Waals surface area (Å²) in [6.45, 7) is 4.16. The number of aromatic nitrogens is 1. The molecular formula is C23H21N3O4. The number of hydrogen-bond acceptors (Lipinski definition) is 5. The Balaban J connectivity index is 1.53. The van der Waals surface area contributed by atoms with Gasteiger partial charge in [-0.25, -0.2) is 4.79 Å². The number of nitrogens with zero attached hydrogens (tertiary/aromatic N) is 2. The molecule has 3 rings (SSSR count). The molecule has 1 amide bonds. The predicted molar refractivity (Wildman–Crippen MR) is 111 cm³/mol. The number of nitrogens with one attached hydrogen (secondary N) is 1. The molecule has 3 aromatic rings. The van der Waals surface area contributed by atoms with Crippen LogP contribution in [0.5, 0.6) is 0 Å². The van der Waals surface area contributed by atoms with Crippen LogP contribution in [-0.2, 0) is 20.9 Å². The molecule has 0 aliphatic carbocycles. The number of rotatable bonds is 7. The second kappa shape index (κ2) is 9.43. The summed E-state index contributed by atoms with van der Waals surface area (Å²) >= 11 is 0. The summed E-state index contributed by atoms with van der Waals surface area (Å²) < 4.78 is 12.5. The third kappa shape index (κ3) is 5.26. The van der Waals surface area contributed by atoms with Gasteiger partial charge in [-0.1, -0.05) is 0 Å². The summed E-state index contributed by atoms with van der Waals surface area (Å²) in [4.78, 5) is 23.9. The van der Waals surface area contributed by atoms with Crippen molar-refractivity contribution < 1.29 is 18.7 Å². The molecule has 0 bridgehead atoms. The lowest BCUT2D eigenvalue weighted by atomic mass is 10.2. The van der Waals surface area contributed by atoms with Crippen LogP contribution in [0.4, 0.5) is 5.69 Å². The number of carbonyl (C=O) groups excluding carboxylic acids is 2. The van der Waals surface area contributed by atoms with Gasteiger partial charge in [0.05, 0.1) is 24.4 Å². The van der Waals surface area contributed by atoms with Crippen LogP contribution >= 0.6 is 0 Å². The highest BCUT2D eigenvalue weighted by Crippen LogP contribution is 2.18. The standard InChI is InChI=1S/C23H21N3O4/c1-16-12-19(17(2)26(16)14-21-4-3-11-29-21)7-10-23(28)30-15-22(27)25-20-8-5-18(13-24)6-9-20/h3-12H,14-15H2,1-2H3,(H,25,27)/b10-7+. The lowest BCUT2D eigenvalue weighted by Gasteiger charge is -2.07. The number of amides is 1. The van der Waals surface area contributed by atoms with E-state index < -0.39 is 18.5 Å². The number of anilines is 1. The Hall–Kier alpha value is -4.05. The van der Waals surface area contributed by atoms with Crippen LogP contribution in [-0.4, -0.2) is 23.1 Å². The number of nitriles is 1. The Bertz CT molecular complexity index is 1100. The minimum absolute atomic E-state index is 0.402. The van der Waals surface area contributed by atoms with Gasteiger partial charge in [-0.15, -0.1) is 0 Å². The third-order valence-electron chi connectivity index (χ3n) is 4.55. The largest absolute Gasteiger partial charge is 0.467 e. The van der Waals surface area contributed by atoms with Crippen molar-refractivity contribution in [1.82, 2.24) is 4.57 Å². The monoisotopic (exact) mass is 403 g/mol. The van der Waals surface area contributed by atoms with Gasteiger partial charge < -0.3 is 19.0 Å². The van der Waals surface area contributed by atoms with Gasteiger partial charge in [-0.05, 0) is 68.0 Å². The summed E-state index contributed by atoms with van der Waals surface area (Å²) in [6.07, 6.45) is 4.60. The average Bonchev–Trinajstić information content (AvgIpc) is 3.35. The molecule has 0 radical (unpaired) electrons. The highest BCUT2D eigenvalue weighted by molar-refractivity contribution is 5.94. The quantitative estimate of drug-likeness (QED) is 0.478. The molecule has 0 aliphatic heterocycles. The fourth-order valence-corrected chi connectivity index (χ4v) is 2.97. The van der Waals surface area contributed by atoms with Gasteiger partial charge in [-0.3, -0.25) is 4.79 Å². The molecule has 1 N–H and O–H groups in total. The first-order valence-corrected chi connectivity index (χ1v) is 9.30. The number of esters is 1. The fourth-order valence-electron chi connectivity index (χ4n) is 2.97. The van der Waals surface area contributed by atoms with E-state index in [1.54, 1.807) is 36.6 Å². The Kier molecular flexibility index (Phi) is 6.50. The smallest absolute Gasteiger partial charge is 0.331 e. The molecule has 30 heavy (non-hydrogen) atoms. The number of furan rings is 1. The van der Waals surface area contributed by atoms with Crippen molar-refractivity contribution in [3.63, 3.8) is 0 Å². The van der Waals surface area contributed by atoms with Crippen LogP contribution in [0.3, 0.4) is 0 Å². The molecule has 152 valence electrons. The SMILES string of the molecule is Cc1cc(/C=C/C(=O)OCC(=O)Nc2ccc(C#N)cc2)c(C)n1Cc1ccco1. The second-order valence-corrected chi connectivity index (χ2v) is 6.67. The molecule has 0 saturated carbocycles. The summed E-state index contributed by atoms with van der Waals surface area (Å²) in [5.74, 6) is -0.223. The van der Waals surface area contributed by atoms with Crippen LogP contribution in [0, 0.1) is 25.2 Å². The maximum Gasteiger partial charge on any atom is 0.331 e. The highest BCUT2D eigenvalue weighted by atomic mass is 16.5. The van der Waals surface area contributed by atoms with E-state index in [9.17, 15) is 9.59 Å². The Morgan fingerprint density at radius 2 is 2.00 bits per heavy atom. The van der Waals surface area contributed by atoms with Crippen LogP contribution in [0.1, 0.15) is 28.3 Å². The molecule has 0 unspecified atom stereocenters. The molecule has 0 aliphatic rings. The summed E-state index contributed by atoms with van der Waals surface area (Å²) in [7, 11) is 0. The first-order valence-electron chi connectivity index (χ1n) is 9.30.